The second kappa shape index (κ2) is 10.6. The summed E-state index contributed by atoms with van der Waals surface area (Å²) < 4.78 is 5.73. The van der Waals surface area contributed by atoms with Gasteiger partial charge in [-0.2, -0.15) is 5.10 Å². The van der Waals surface area contributed by atoms with E-state index in [1.54, 1.807) is 48.5 Å². The molecule has 0 aliphatic heterocycles. The number of hydrogen-bond donors (Lipinski definition) is 2. The molecule has 3 rings (SSSR count). The van der Waals surface area contributed by atoms with E-state index in [4.69, 9.17) is 27.9 Å². The molecule has 3 aromatic rings. The minimum atomic E-state index is -0.356. The lowest BCUT2D eigenvalue weighted by Gasteiger charge is -2.08. The monoisotopic (exact) mass is 455 g/mol. The molecule has 6 nitrogen and oxygen atoms in total. The van der Waals surface area contributed by atoms with Gasteiger partial charge in [0.1, 0.15) is 12.4 Å². The molecule has 8 heteroatoms. The summed E-state index contributed by atoms with van der Waals surface area (Å²) in [5.74, 6) is 0.142. The van der Waals surface area contributed by atoms with Gasteiger partial charge in [0, 0.05) is 33.8 Å². The van der Waals surface area contributed by atoms with Gasteiger partial charge in [-0.25, -0.2) is 5.43 Å². The molecule has 2 amide bonds. The molecule has 3 aromatic carbocycles. The normalized spacial score (nSPS) is 10.7. The molecular weight excluding hydrogens is 437 g/mol. The van der Waals surface area contributed by atoms with Crippen LogP contribution in [0.25, 0.3) is 0 Å². The van der Waals surface area contributed by atoms with E-state index in [1.165, 1.54) is 13.1 Å². The molecule has 0 unspecified atom stereocenters. The quantitative estimate of drug-likeness (QED) is 0.374. The second-order valence-corrected chi connectivity index (χ2v) is 7.39. The number of ether oxygens (including phenoxy) is 1. The zero-order valence-electron chi connectivity index (χ0n) is 16.6. The first kappa shape index (κ1) is 22.3. The first-order valence-electron chi connectivity index (χ1n) is 9.28. The van der Waals surface area contributed by atoms with E-state index in [9.17, 15) is 9.59 Å². The van der Waals surface area contributed by atoms with E-state index in [-0.39, 0.29) is 11.8 Å². The predicted octanol–water partition coefficient (Wildman–Crippen LogP) is 5.29. The Balaban J connectivity index is 1.51. The Hall–Kier alpha value is -3.35. The molecule has 31 heavy (non-hydrogen) atoms. The van der Waals surface area contributed by atoms with Crippen molar-refractivity contribution in [3.63, 3.8) is 0 Å². The number of halogens is 2. The maximum Gasteiger partial charge on any atom is 0.271 e. The highest BCUT2D eigenvalue weighted by atomic mass is 35.5. The van der Waals surface area contributed by atoms with E-state index in [0.717, 1.165) is 11.1 Å². The molecule has 0 saturated carbocycles. The number of anilines is 1. The summed E-state index contributed by atoms with van der Waals surface area (Å²) in [6.07, 6.45) is 1.53. The molecule has 2 N–H and O–H groups in total. The highest BCUT2D eigenvalue weighted by molar-refractivity contribution is 6.35. The minimum absolute atomic E-state index is 0.174. The molecule has 0 heterocycles. The SMILES string of the molecule is CC(=O)Nc1ccc(C(=O)NN=Cc2ccc(OCc3ccc(Cl)cc3Cl)cc2)cc1. The highest BCUT2D eigenvalue weighted by Crippen LogP contribution is 2.22. The zero-order chi connectivity index (χ0) is 22.2. The Morgan fingerprint density at radius 3 is 2.35 bits per heavy atom. The molecule has 0 bridgehead atoms. The largest absolute Gasteiger partial charge is 0.489 e. The van der Waals surface area contributed by atoms with Crippen LogP contribution < -0.4 is 15.5 Å². The van der Waals surface area contributed by atoms with Crippen molar-refractivity contribution in [3.05, 3.63) is 93.5 Å². The Bertz CT molecular complexity index is 1100. The lowest BCUT2D eigenvalue weighted by Crippen LogP contribution is -2.17. The first-order valence-corrected chi connectivity index (χ1v) is 10.0. The molecular formula is C23H19Cl2N3O3. The van der Waals surface area contributed by atoms with Crippen molar-refractivity contribution in [2.24, 2.45) is 5.10 Å². The molecule has 0 aliphatic carbocycles. The van der Waals surface area contributed by atoms with Crippen LogP contribution in [-0.4, -0.2) is 18.0 Å². The summed E-state index contributed by atoms with van der Waals surface area (Å²) in [4.78, 5) is 23.2. The van der Waals surface area contributed by atoms with E-state index in [1.807, 2.05) is 18.2 Å². The zero-order valence-corrected chi connectivity index (χ0v) is 18.1. The number of hydrazone groups is 1. The number of nitrogens with one attached hydrogen (secondary N) is 2. The van der Waals surface area contributed by atoms with E-state index < -0.39 is 0 Å². The van der Waals surface area contributed by atoms with Crippen molar-refractivity contribution in [1.82, 2.24) is 5.43 Å². The van der Waals surface area contributed by atoms with E-state index in [0.29, 0.717) is 33.7 Å². The number of carbonyl (C=O) groups is 2. The molecule has 0 atom stereocenters. The number of rotatable bonds is 7. The molecule has 0 saturated heterocycles. The van der Waals surface area contributed by atoms with Crippen LogP contribution in [0.1, 0.15) is 28.4 Å². The van der Waals surface area contributed by atoms with Gasteiger partial charge in [-0.05, 0) is 66.2 Å². The Morgan fingerprint density at radius 2 is 1.71 bits per heavy atom. The maximum absolute atomic E-state index is 12.1. The smallest absolute Gasteiger partial charge is 0.271 e. The average molecular weight is 456 g/mol. The predicted molar refractivity (Wildman–Crippen MR) is 123 cm³/mol. The van der Waals surface area contributed by atoms with E-state index >= 15 is 0 Å². The van der Waals surface area contributed by atoms with Crippen LogP contribution >= 0.6 is 23.2 Å². The van der Waals surface area contributed by atoms with Crippen molar-refractivity contribution in [1.29, 1.82) is 0 Å². The number of amides is 2. The van der Waals surface area contributed by atoms with Gasteiger partial charge in [0.25, 0.3) is 5.91 Å². The fourth-order valence-corrected chi connectivity index (χ4v) is 3.05. The summed E-state index contributed by atoms with van der Waals surface area (Å²) >= 11 is 12.0. The lowest BCUT2D eigenvalue weighted by molar-refractivity contribution is -0.114. The van der Waals surface area contributed by atoms with Crippen molar-refractivity contribution in [2.45, 2.75) is 13.5 Å². The van der Waals surface area contributed by atoms with Crippen LogP contribution in [0.3, 0.4) is 0 Å². The van der Waals surface area contributed by atoms with Crippen LogP contribution in [0.15, 0.2) is 71.8 Å². The van der Waals surface area contributed by atoms with Crippen molar-refractivity contribution >= 4 is 46.9 Å². The van der Waals surface area contributed by atoms with Gasteiger partial charge < -0.3 is 10.1 Å². The van der Waals surface area contributed by atoms with Crippen LogP contribution in [0.4, 0.5) is 5.69 Å². The van der Waals surface area contributed by atoms with Crippen molar-refractivity contribution in [3.8, 4) is 5.75 Å². The summed E-state index contributed by atoms with van der Waals surface area (Å²) in [7, 11) is 0. The summed E-state index contributed by atoms with van der Waals surface area (Å²) in [5.41, 5.74) is 5.14. The number of nitrogens with zero attached hydrogens (tertiary/aromatic N) is 1. The molecule has 0 aliphatic rings. The summed E-state index contributed by atoms with van der Waals surface area (Å²) in [6, 6.07) is 19.0. The molecule has 0 fully saturated rings. The fourth-order valence-electron chi connectivity index (χ4n) is 2.59. The Labute approximate surface area is 189 Å². The van der Waals surface area contributed by atoms with Gasteiger partial charge in [0.05, 0.1) is 6.21 Å². The van der Waals surface area contributed by atoms with Gasteiger partial charge in [0.15, 0.2) is 0 Å². The van der Waals surface area contributed by atoms with Crippen LogP contribution in [0.5, 0.6) is 5.75 Å². The average Bonchev–Trinajstić information content (AvgIpc) is 2.74. The molecule has 0 spiro atoms. The van der Waals surface area contributed by atoms with Crippen molar-refractivity contribution in [2.75, 3.05) is 5.32 Å². The van der Waals surface area contributed by atoms with Gasteiger partial charge in [-0.15, -0.1) is 0 Å². The van der Waals surface area contributed by atoms with Gasteiger partial charge >= 0.3 is 0 Å². The third-order valence-corrected chi connectivity index (χ3v) is 4.72. The lowest BCUT2D eigenvalue weighted by atomic mass is 10.2. The summed E-state index contributed by atoms with van der Waals surface area (Å²) in [5, 5.41) is 7.74. The maximum atomic E-state index is 12.1. The number of benzene rings is 3. The van der Waals surface area contributed by atoms with Gasteiger partial charge in [-0.1, -0.05) is 29.3 Å². The minimum Gasteiger partial charge on any atom is -0.489 e. The second-order valence-electron chi connectivity index (χ2n) is 6.55. The number of carbonyl (C=O) groups excluding carboxylic acids is 2. The fraction of sp³-hybridized carbons (Fsp3) is 0.0870. The molecule has 0 aromatic heterocycles. The number of hydrogen-bond acceptors (Lipinski definition) is 4. The molecule has 0 radical (unpaired) electrons. The van der Waals surface area contributed by atoms with Crippen LogP contribution in [0.2, 0.25) is 10.0 Å². The van der Waals surface area contributed by atoms with Crippen LogP contribution in [0, 0.1) is 0 Å². The van der Waals surface area contributed by atoms with Crippen molar-refractivity contribution < 1.29 is 14.3 Å². The standard InChI is InChI=1S/C23H19Cl2N3O3/c1-15(29)27-20-8-5-17(6-9-20)23(30)28-26-13-16-2-10-21(11-3-16)31-14-18-4-7-19(24)12-22(18)25/h2-13H,14H2,1H3,(H,27,29)(H,28,30). The Kier molecular flexibility index (Phi) is 7.65. The third-order valence-electron chi connectivity index (χ3n) is 4.14. The summed E-state index contributed by atoms with van der Waals surface area (Å²) in [6.45, 7) is 1.74. The third kappa shape index (κ3) is 6.84. The van der Waals surface area contributed by atoms with Gasteiger partial charge in [-0.3, -0.25) is 9.59 Å². The van der Waals surface area contributed by atoms with Gasteiger partial charge in [0.2, 0.25) is 5.91 Å². The highest BCUT2D eigenvalue weighted by Gasteiger charge is 2.05. The molecule has 158 valence electrons. The topological polar surface area (TPSA) is 79.8 Å². The first-order chi connectivity index (χ1) is 14.9. The van der Waals surface area contributed by atoms with Crippen LogP contribution in [-0.2, 0) is 11.4 Å². The Morgan fingerprint density at radius 1 is 1.00 bits per heavy atom. The van der Waals surface area contributed by atoms with E-state index in [2.05, 4.69) is 15.8 Å².